The molecule has 3 N–H and O–H groups in total. The molecule has 0 aromatic carbocycles. The van der Waals surface area contributed by atoms with E-state index in [0.29, 0.717) is 19.3 Å². The number of aromatic hydroxyl groups is 1. The number of nitrogens with one attached hydrogen (secondary N) is 2. The van der Waals surface area contributed by atoms with Crippen molar-refractivity contribution in [2.24, 2.45) is 5.92 Å². The number of nitrogens with zero attached hydrogens (tertiary/aromatic N) is 2. The van der Waals surface area contributed by atoms with Crippen LogP contribution < -0.4 is 10.6 Å². The van der Waals surface area contributed by atoms with Crippen LogP contribution in [0.5, 0.6) is 5.75 Å². The molecule has 8 nitrogen and oxygen atoms in total. The van der Waals surface area contributed by atoms with Crippen molar-refractivity contribution in [3.8, 4) is 5.75 Å². The lowest BCUT2D eigenvalue weighted by Gasteiger charge is -2.27. The highest BCUT2D eigenvalue weighted by molar-refractivity contribution is 5.92. The molecule has 172 valence electrons. The van der Waals surface area contributed by atoms with E-state index in [2.05, 4.69) is 15.6 Å². The Morgan fingerprint density at radius 1 is 1.16 bits per heavy atom. The molecule has 1 aliphatic rings. The monoisotopic (exact) mass is 432 g/mol. The first-order valence-electron chi connectivity index (χ1n) is 11.1. The Kier molecular flexibility index (Phi) is 8.83. The average molecular weight is 433 g/mol. The van der Waals surface area contributed by atoms with Gasteiger partial charge in [0.05, 0.1) is 6.20 Å². The number of hydrogen-bond acceptors (Lipinski definition) is 5. The summed E-state index contributed by atoms with van der Waals surface area (Å²) in [6, 6.07) is 2.42. The highest BCUT2D eigenvalue weighted by atomic mass is 16.3. The highest BCUT2D eigenvalue weighted by Crippen LogP contribution is 2.17. The second-order valence-electron chi connectivity index (χ2n) is 9.27. The fourth-order valence-electron chi connectivity index (χ4n) is 3.70. The molecule has 8 heteroatoms. The van der Waals surface area contributed by atoms with Gasteiger partial charge in [0, 0.05) is 25.0 Å². The lowest BCUT2D eigenvalue weighted by atomic mass is 9.96. The zero-order valence-electron chi connectivity index (χ0n) is 19.1. The summed E-state index contributed by atoms with van der Waals surface area (Å²) >= 11 is 0. The summed E-state index contributed by atoms with van der Waals surface area (Å²) in [6.07, 6.45) is 5.77. The van der Waals surface area contributed by atoms with Crippen molar-refractivity contribution in [2.75, 3.05) is 13.1 Å². The van der Waals surface area contributed by atoms with Crippen LogP contribution in [0.3, 0.4) is 0 Å². The Balaban J connectivity index is 1.74. The van der Waals surface area contributed by atoms with Crippen LogP contribution >= 0.6 is 0 Å². The Labute approximate surface area is 184 Å². The molecule has 2 rings (SSSR count). The first-order valence-corrected chi connectivity index (χ1v) is 11.1. The molecule has 31 heavy (non-hydrogen) atoms. The Morgan fingerprint density at radius 2 is 1.84 bits per heavy atom. The van der Waals surface area contributed by atoms with Gasteiger partial charge in [-0.25, -0.2) is 4.98 Å². The van der Waals surface area contributed by atoms with Crippen LogP contribution in [0.25, 0.3) is 0 Å². The van der Waals surface area contributed by atoms with Crippen molar-refractivity contribution >= 4 is 17.7 Å². The van der Waals surface area contributed by atoms with E-state index < -0.39 is 11.6 Å². The van der Waals surface area contributed by atoms with E-state index in [9.17, 15) is 19.5 Å². The van der Waals surface area contributed by atoms with E-state index in [0.717, 1.165) is 32.4 Å². The van der Waals surface area contributed by atoms with Crippen molar-refractivity contribution in [3.05, 3.63) is 24.0 Å². The number of aromatic nitrogens is 1. The quantitative estimate of drug-likeness (QED) is 0.492. The molecule has 2 heterocycles. The minimum Gasteiger partial charge on any atom is -0.506 e. The van der Waals surface area contributed by atoms with E-state index in [-0.39, 0.29) is 35.1 Å². The number of hydrogen-bond donors (Lipinski definition) is 3. The number of rotatable bonds is 10. The molecular weight excluding hydrogens is 396 g/mol. The van der Waals surface area contributed by atoms with Crippen molar-refractivity contribution in [1.82, 2.24) is 20.5 Å². The van der Waals surface area contributed by atoms with E-state index in [1.807, 2.05) is 32.6 Å². The maximum absolute atomic E-state index is 12.7. The van der Waals surface area contributed by atoms with Gasteiger partial charge in [0.2, 0.25) is 11.8 Å². The number of unbranched alkanes of at least 4 members (excludes halogenated alkanes) is 1. The minimum atomic E-state index is -0.473. The largest absolute Gasteiger partial charge is 0.506 e. The molecule has 0 radical (unpaired) electrons. The molecule has 1 aliphatic heterocycles. The number of pyridine rings is 1. The molecule has 1 saturated heterocycles. The van der Waals surface area contributed by atoms with Crippen LogP contribution in [0.2, 0.25) is 0 Å². The van der Waals surface area contributed by atoms with E-state index >= 15 is 0 Å². The van der Waals surface area contributed by atoms with Crippen LogP contribution in [0.1, 0.15) is 76.7 Å². The third kappa shape index (κ3) is 7.84. The molecule has 1 atom stereocenters. The van der Waals surface area contributed by atoms with Gasteiger partial charge in [-0.3, -0.25) is 14.4 Å². The maximum atomic E-state index is 12.7. The molecule has 0 saturated carbocycles. The minimum absolute atomic E-state index is 0.0101. The third-order valence-corrected chi connectivity index (χ3v) is 5.55. The van der Waals surface area contributed by atoms with Crippen molar-refractivity contribution in [2.45, 2.75) is 77.8 Å². The summed E-state index contributed by atoms with van der Waals surface area (Å²) < 4.78 is 0. The lowest BCUT2D eigenvalue weighted by molar-refractivity contribution is -0.136. The first kappa shape index (κ1) is 24.6. The van der Waals surface area contributed by atoms with Gasteiger partial charge in [-0.05, 0) is 57.6 Å². The van der Waals surface area contributed by atoms with Crippen LogP contribution in [0.4, 0.5) is 0 Å². The van der Waals surface area contributed by atoms with Crippen molar-refractivity contribution in [1.29, 1.82) is 0 Å². The van der Waals surface area contributed by atoms with Crippen LogP contribution in [0, 0.1) is 5.92 Å². The average Bonchev–Trinajstić information content (AvgIpc) is 3.23. The van der Waals surface area contributed by atoms with Gasteiger partial charge in [-0.2, -0.15) is 0 Å². The zero-order chi connectivity index (χ0) is 23.0. The van der Waals surface area contributed by atoms with Gasteiger partial charge >= 0.3 is 0 Å². The third-order valence-electron chi connectivity index (χ3n) is 5.55. The van der Waals surface area contributed by atoms with Crippen LogP contribution in [-0.2, 0) is 9.59 Å². The van der Waals surface area contributed by atoms with Gasteiger partial charge in [-0.1, -0.05) is 20.3 Å². The fourth-order valence-corrected chi connectivity index (χ4v) is 3.70. The van der Waals surface area contributed by atoms with E-state index in [1.165, 1.54) is 18.3 Å². The second-order valence-corrected chi connectivity index (χ2v) is 9.27. The van der Waals surface area contributed by atoms with Gasteiger partial charge in [0.1, 0.15) is 17.5 Å². The lowest BCUT2D eigenvalue weighted by Crippen LogP contribution is -2.50. The Bertz CT molecular complexity index is 755. The van der Waals surface area contributed by atoms with Crippen molar-refractivity contribution < 1.29 is 19.5 Å². The van der Waals surface area contributed by atoms with Gasteiger partial charge < -0.3 is 20.6 Å². The molecule has 0 unspecified atom stereocenters. The summed E-state index contributed by atoms with van der Waals surface area (Å²) in [5.41, 5.74) is -0.216. The fraction of sp³-hybridized carbons (Fsp3) is 0.652. The molecule has 3 amide bonds. The molecule has 0 bridgehead atoms. The van der Waals surface area contributed by atoms with Crippen molar-refractivity contribution in [3.63, 3.8) is 0 Å². The van der Waals surface area contributed by atoms with Gasteiger partial charge in [-0.15, -0.1) is 0 Å². The SMILES string of the molecule is CC(C)[C@H](NC(=O)CCCCC(C)(C)NC(=O)c1ccc(O)cn1)C(=O)N1CCCC1. The molecule has 1 aromatic heterocycles. The standard InChI is InChI=1S/C23H36N4O4/c1-16(2)20(22(31)27-13-7-8-14-27)25-19(29)9-5-6-12-23(3,4)26-21(30)18-11-10-17(28)15-24-18/h10-11,15-16,20,28H,5-9,12-14H2,1-4H3,(H,25,29)(H,26,30)/t20-/m0/s1. The Morgan fingerprint density at radius 3 is 2.42 bits per heavy atom. The number of likely N-dealkylation sites (tertiary alicyclic amines) is 1. The van der Waals surface area contributed by atoms with Gasteiger partial charge in [0.15, 0.2) is 0 Å². The highest BCUT2D eigenvalue weighted by Gasteiger charge is 2.30. The Hall–Kier alpha value is -2.64. The van der Waals surface area contributed by atoms with E-state index in [4.69, 9.17) is 0 Å². The molecule has 1 aromatic rings. The number of carbonyl (C=O) groups excluding carboxylic acids is 3. The second kappa shape index (κ2) is 11.1. The predicted octanol–water partition coefficient (Wildman–Crippen LogP) is 2.62. The molecule has 0 spiro atoms. The number of carbonyl (C=O) groups is 3. The summed E-state index contributed by atoms with van der Waals surface area (Å²) in [6.45, 7) is 9.31. The molecule has 1 fully saturated rings. The van der Waals surface area contributed by atoms with Crippen LogP contribution in [-0.4, -0.2) is 57.4 Å². The molecule has 0 aliphatic carbocycles. The predicted molar refractivity (Wildman–Crippen MR) is 118 cm³/mol. The zero-order valence-corrected chi connectivity index (χ0v) is 19.1. The van der Waals surface area contributed by atoms with Crippen LogP contribution in [0.15, 0.2) is 18.3 Å². The maximum Gasteiger partial charge on any atom is 0.270 e. The topological polar surface area (TPSA) is 112 Å². The normalized spacial score (nSPS) is 15.1. The first-order chi connectivity index (χ1) is 14.6. The summed E-state index contributed by atoms with van der Waals surface area (Å²) in [7, 11) is 0. The van der Waals surface area contributed by atoms with E-state index in [1.54, 1.807) is 0 Å². The smallest absolute Gasteiger partial charge is 0.270 e. The summed E-state index contributed by atoms with van der Waals surface area (Å²) in [5, 5.41) is 15.1. The summed E-state index contributed by atoms with van der Waals surface area (Å²) in [5.74, 6) is -0.340. The summed E-state index contributed by atoms with van der Waals surface area (Å²) in [4.78, 5) is 43.2. The molecular formula is C23H36N4O4. The number of amides is 3. The van der Waals surface area contributed by atoms with Gasteiger partial charge in [0.25, 0.3) is 5.91 Å².